The molecule has 12 heteroatoms. The van der Waals surface area contributed by atoms with Crippen molar-refractivity contribution in [2.75, 3.05) is 6.54 Å². The first kappa shape index (κ1) is 20.5. The zero-order valence-corrected chi connectivity index (χ0v) is 18.3. The monoisotopic (exact) mass is 458 g/mol. The number of sulfonamides is 1. The largest absolute Gasteiger partial charge is 0.415 e. The normalized spacial score (nSPS) is 14.6. The van der Waals surface area contributed by atoms with E-state index in [1.165, 1.54) is 16.4 Å². The van der Waals surface area contributed by atoms with E-state index in [2.05, 4.69) is 20.5 Å². The second-order valence-electron chi connectivity index (χ2n) is 7.56. The lowest BCUT2D eigenvalue weighted by atomic mass is 10.1. The number of hydrogen-bond acceptors (Lipinski definition) is 8. The van der Waals surface area contributed by atoms with Crippen molar-refractivity contribution < 1.29 is 21.7 Å². The highest BCUT2D eigenvalue weighted by Gasteiger charge is 2.36. The Balaban J connectivity index is 1.51. The van der Waals surface area contributed by atoms with Gasteiger partial charge in [0.1, 0.15) is 16.4 Å². The lowest BCUT2D eigenvalue weighted by Gasteiger charge is -2.26. The summed E-state index contributed by atoms with van der Waals surface area (Å²) in [6.07, 6.45) is 0.473. The summed E-state index contributed by atoms with van der Waals surface area (Å²) < 4.78 is 53.7. The smallest absolute Gasteiger partial charge is 0.268 e. The van der Waals surface area contributed by atoms with Gasteiger partial charge < -0.3 is 8.94 Å². The molecule has 10 nitrogen and oxygen atoms in total. The Hall–Kier alpha value is -3.38. The van der Waals surface area contributed by atoms with Gasteiger partial charge in [0.05, 0.1) is 0 Å². The molecule has 166 valence electrons. The molecule has 4 heterocycles. The van der Waals surface area contributed by atoms with Crippen LogP contribution in [-0.2, 0) is 30.0 Å². The molecule has 0 aliphatic carbocycles. The molecule has 0 bridgehead atoms. The first-order valence-corrected chi connectivity index (χ1v) is 11.3. The molecule has 4 aromatic rings. The van der Waals surface area contributed by atoms with Gasteiger partial charge in [0.15, 0.2) is 11.5 Å². The highest BCUT2D eigenvalue weighted by Crippen LogP contribution is 2.34. The molecule has 32 heavy (non-hydrogen) atoms. The number of benzene rings is 1. The minimum absolute atomic E-state index is 0.0859. The third-order valence-corrected chi connectivity index (χ3v) is 7.58. The molecule has 0 radical (unpaired) electrons. The molecule has 1 aromatic carbocycles. The first-order valence-electron chi connectivity index (χ1n) is 9.83. The van der Waals surface area contributed by atoms with Crippen LogP contribution in [0.2, 0.25) is 0 Å². The van der Waals surface area contributed by atoms with E-state index in [0.29, 0.717) is 35.5 Å². The van der Waals surface area contributed by atoms with Gasteiger partial charge in [0.2, 0.25) is 15.9 Å². The molecule has 0 N–H and O–H groups in total. The Morgan fingerprint density at radius 1 is 1.09 bits per heavy atom. The van der Waals surface area contributed by atoms with Gasteiger partial charge in [0.25, 0.3) is 5.89 Å². The zero-order chi connectivity index (χ0) is 22.6. The number of nitrogens with zero attached hydrogens (tertiary/aromatic N) is 6. The summed E-state index contributed by atoms with van der Waals surface area (Å²) in [6, 6.07) is 5.69. The van der Waals surface area contributed by atoms with Crippen LogP contribution in [0.25, 0.3) is 23.0 Å². The van der Waals surface area contributed by atoms with Gasteiger partial charge in [-0.05, 0) is 38.1 Å². The Kier molecular flexibility index (Phi) is 4.71. The van der Waals surface area contributed by atoms with Gasteiger partial charge in [0, 0.05) is 43.4 Å². The van der Waals surface area contributed by atoms with Crippen molar-refractivity contribution in [1.82, 2.24) is 29.4 Å². The molecule has 1 aliphatic heterocycles. The molecular weight excluding hydrogens is 439 g/mol. The molecule has 0 saturated heterocycles. The van der Waals surface area contributed by atoms with Gasteiger partial charge in [-0.3, -0.25) is 4.68 Å². The average Bonchev–Trinajstić information content (AvgIpc) is 3.46. The van der Waals surface area contributed by atoms with E-state index in [1.807, 2.05) is 0 Å². The van der Waals surface area contributed by atoms with E-state index in [4.69, 9.17) is 8.94 Å². The van der Waals surface area contributed by atoms with Crippen molar-refractivity contribution in [2.45, 2.75) is 31.7 Å². The first-order chi connectivity index (χ1) is 15.3. The third kappa shape index (κ3) is 3.22. The molecule has 0 atom stereocenters. The predicted molar refractivity (Wildman–Crippen MR) is 109 cm³/mol. The molecule has 0 unspecified atom stereocenters. The summed E-state index contributed by atoms with van der Waals surface area (Å²) in [5.74, 6) is 0.264. The van der Waals surface area contributed by atoms with E-state index in [9.17, 15) is 12.8 Å². The minimum atomic E-state index is -3.82. The maximum atomic E-state index is 13.3. The van der Waals surface area contributed by atoms with Gasteiger partial charge in [-0.2, -0.15) is 9.40 Å². The Morgan fingerprint density at radius 3 is 2.50 bits per heavy atom. The molecule has 0 fully saturated rings. The highest BCUT2D eigenvalue weighted by atomic mass is 32.2. The van der Waals surface area contributed by atoms with Crippen molar-refractivity contribution in [1.29, 1.82) is 0 Å². The average molecular weight is 458 g/mol. The SMILES string of the molecule is Cc1noc(C)c1S(=O)(=O)N1CCc2c(c(-c3nnc(-c4ccc(F)cc4)o3)nn2C)C1. The summed E-state index contributed by atoms with van der Waals surface area (Å²) >= 11 is 0. The summed E-state index contributed by atoms with van der Waals surface area (Å²) in [5.41, 5.74) is 2.90. The van der Waals surface area contributed by atoms with E-state index in [1.54, 1.807) is 37.7 Å². The molecule has 5 rings (SSSR count). The van der Waals surface area contributed by atoms with E-state index >= 15 is 0 Å². The molecule has 3 aromatic heterocycles. The minimum Gasteiger partial charge on any atom is -0.415 e. The van der Waals surface area contributed by atoms with Crippen molar-refractivity contribution in [3.05, 3.63) is 52.8 Å². The van der Waals surface area contributed by atoms with Crippen LogP contribution >= 0.6 is 0 Å². The van der Waals surface area contributed by atoms with Gasteiger partial charge in [-0.15, -0.1) is 10.2 Å². The number of rotatable bonds is 4. The van der Waals surface area contributed by atoms with Crippen LogP contribution in [0.1, 0.15) is 22.7 Å². The number of aromatic nitrogens is 5. The number of aryl methyl sites for hydroxylation is 3. The van der Waals surface area contributed by atoms with E-state index in [-0.39, 0.29) is 34.8 Å². The lowest BCUT2D eigenvalue weighted by molar-refractivity contribution is 0.379. The maximum absolute atomic E-state index is 13.3. The van der Waals surface area contributed by atoms with Crippen LogP contribution < -0.4 is 0 Å². The Labute approximate surface area is 182 Å². The molecule has 0 spiro atoms. The molecular formula is C20H19FN6O4S. The maximum Gasteiger partial charge on any atom is 0.268 e. The highest BCUT2D eigenvalue weighted by molar-refractivity contribution is 7.89. The van der Waals surface area contributed by atoms with E-state index < -0.39 is 10.0 Å². The topological polar surface area (TPSA) is 120 Å². The van der Waals surface area contributed by atoms with Crippen LogP contribution in [0.3, 0.4) is 0 Å². The Morgan fingerprint density at radius 2 is 1.81 bits per heavy atom. The fraction of sp³-hybridized carbons (Fsp3) is 0.300. The third-order valence-electron chi connectivity index (χ3n) is 5.49. The number of hydrogen-bond donors (Lipinski definition) is 0. The summed E-state index contributed by atoms with van der Waals surface area (Å²) in [7, 11) is -2.03. The molecule has 1 aliphatic rings. The van der Waals surface area contributed by atoms with Gasteiger partial charge in [-0.25, -0.2) is 12.8 Å². The van der Waals surface area contributed by atoms with Crippen LogP contribution in [0.15, 0.2) is 38.1 Å². The van der Waals surface area contributed by atoms with E-state index in [0.717, 1.165) is 5.69 Å². The Bertz CT molecular complexity index is 1400. The second-order valence-corrected chi connectivity index (χ2v) is 9.43. The summed E-state index contributed by atoms with van der Waals surface area (Å²) in [5, 5.41) is 16.4. The fourth-order valence-corrected chi connectivity index (χ4v) is 5.64. The lowest BCUT2D eigenvalue weighted by Crippen LogP contribution is -2.36. The van der Waals surface area contributed by atoms with Crippen LogP contribution in [-0.4, -0.2) is 44.4 Å². The standard InChI is InChI=1S/C20H19FN6O4S/c1-11-18(12(2)31-25-11)32(28,29)27-9-8-16-15(10-27)17(24-26(16)3)20-23-22-19(30-20)13-4-6-14(21)7-5-13/h4-7H,8-10H2,1-3H3. The molecule has 0 saturated carbocycles. The van der Waals surface area contributed by atoms with Crippen molar-refractivity contribution in [3.8, 4) is 23.0 Å². The van der Waals surface area contributed by atoms with Gasteiger partial charge >= 0.3 is 0 Å². The second kappa shape index (κ2) is 7.35. The fourth-order valence-electron chi connectivity index (χ4n) is 3.94. The van der Waals surface area contributed by atoms with Crippen molar-refractivity contribution in [3.63, 3.8) is 0 Å². The van der Waals surface area contributed by atoms with Crippen LogP contribution in [0.4, 0.5) is 4.39 Å². The van der Waals surface area contributed by atoms with Crippen LogP contribution in [0, 0.1) is 19.7 Å². The quantitative estimate of drug-likeness (QED) is 0.458. The van der Waals surface area contributed by atoms with Crippen molar-refractivity contribution >= 4 is 10.0 Å². The van der Waals surface area contributed by atoms with Crippen LogP contribution in [0.5, 0.6) is 0 Å². The summed E-state index contributed by atoms with van der Waals surface area (Å²) in [6.45, 7) is 3.57. The van der Waals surface area contributed by atoms with Gasteiger partial charge in [-0.1, -0.05) is 5.16 Å². The predicted octanol–water partition coefficient (Wildman–Crippen LogP) is 2.63. The zero-order valence-electron chi connectivity index (χ0n) is 17.5. The molecule has 0 amide bonds. The number of halogens is 1. The summed E-state index contributed by atoms with van der Waals surface area (Å²) in [4.78, 5) is 0.0859. The van der Waals surface area contributed by atoms with Crippen molar-refractivity contribution in [2.24, 2.45) is 7.05 Å². The number of fused-ring (bicyclic) bond motifs is 1.